The van der Waals surface area contributed by atoms with Crippen molar-refractivity contribution < 1.29 is 0 Å². The number of halogens is 1. The van der Waals surface area contributed by atoms with Crippen molar-refractivity contribution in [2.75, 3.05) is 5.84 Å². The molecule has 0 radical (unpaired) electrons. The lowest BCUT2D eigenvalue weighted by Crippen LogP contribution is -2.17. The molecule has 0 amide bonds. The van der Waals surface area contributed by atoms with Crippen LogP contribution in [0.5, 0.6) is 0 Å². The highest BCUT2D eigenvalue weighted by molar-refractivity contribution is 9.10. The number of hydrogen-bond donors (Lipinski definition) is 1. The summed E-state index contributed by atoms with van der Waals surface area (Å²) in [7, 11) is 0. The molecule has 0 unspecified atom stereocenters. The lowest BCUT2D eigenvalue weighted by molar-refractivity contribution is 0.727. The summed E-state index contributed by atoms with van der Waals surface area (Å²) in [5.41, 5.74) is 3.07. The fraction of sp³-hybridized carbons (Fsp3) is 0.214. The van der Waals surface area contributed by atoms with Crippen LogP contribution in [-0.4, -0.2) is 24.7 Å². The number of benzene rings is 1. The second-order valence-electron chi connectivity index (χ2n) is 4.87. The van der Waals surface area contributed by atoms with Crippen molar-refractivity contribution in [3.05, 3.63) is 51.8 Å². The highest BCUT2D eigenvalue weighted by Gasteiger charge is 2.15. The summed E-state index contributed by atoms with van der Waals surface area (Å²) < 4.78 is 4.25. The van der Waals surface area contributed by atoms with E-state index in [4.69, 9.17) is 5.84 Å². The molecule has 0 spiro atoms. The molecule has 0 atom stereocenters. The zero-order chi connectivity index (χ0) is 15.7. The van der Waals surface area contributed by atoms with Gasteiger partial charge in [0, 0.05) is 15.9 Å². The number of aryl methyl sites for hydroxylation is 2. The summed E-state index contributed by atoms with van der Waals surface area (Å²) in [6.45, 7) is 3.89. The number of nitrogens with zero attached hydrogens (tertiary/aromatic N) is 5. The Balaban J connectivity index is 1.82. The molecule has 114 valence electrons. The number of aromatic nitrogens is 5. The van der Waals surface area contributed by atoms with E-state index in [1.807, 2.05) is 38.1 Å². The molecule has 0 aliphatic carbocycles. The Morgan fingerprint density at radius 3 is 2.68 bits per heavy atom. The van der Waals surface area contributed by atoms with E-state index < -0.39 is 0 Å². The molecule has 0 saturated carbocycles. The van der Waals surface area contributed by atoms with Gasteiger partial charge in [-0.1, -0.05) is 45.9 Å². The molecule has 22 heavy (non-hydrogen) atoms. The summed E-state index contributed by atoms with van der Waals surface area (Å²) in [4.78, 5) is 0. The Hall–Kier alpha value is -1.80. The third kappa shape index (κ3) is 2.89. The minimum absolute atomic E-state index is 0.514. The molecule has 0 aliphatic rings. The summed E-state index contributed by atoms with van der Waals surface area (Å²) in [5, 5.41) is 13.3. The van der Waals surface area contributed by atoms with Crippen LogP contribution in [0.25, 0.3) is 5.95 Å². The van der Waals surface area contributed by atoms with Crippen LogP contribution in [0.15, 0.2) is 40.0 Å². The van der Waals surface area contributed by atoms with Gasteiger partial charge < -0.3 is 5.84 Å². The third-order valence-electron chi connectivity index (χ3n) is 3.16. The van der Waals surface area contributed by atoms with Crippen LogP contribution >= 0.6 is 27.7 Å². The first kappa shape index (κ1) is 15.1. The quantitative estimate of drug-likeness (QED) is 0.557. The van der Waals surface area contributed by atoms with E-state index in [0.717, 1.165) is 21.6 Å². The molecular formula is C14H15BrN6S. The number of nitrogen functional groups attached to an aromatic ring is 1. The Kier molecular flexibility index (Phi) is 4.21. The SMILES string of the molecule is Cc1cc(C)n(-c2nnc(SCc3ccccc3Br)n2N)n1. The number of rotatable bonds is 4. The van der Waals surface area contributed by atoms with Gasteiger partial charge in [0.2, 0.25) is 5.16 Å². The van der Waals surface area contributed by atoms with Crippen molar-refractivity contribution >= 4 is 27.7 Å². The monoisotopic (exact) mass is 378 g/mol. The van der Waals surface area contributed by atoms with Crippen LogP contribution in [0.3, 0.4) is 0 Å². The zero-order valence-corrected chi connectivity index (χ0v) is 14.6. The maximum Gasteiger partial charge on any atom is 0.271 e. The predicted octanol–water partition coefficient (Wildman–Crippen LogP) is 2.85. The summed E-state index contributed by atoms with van der Waals surface area (Å²) in [5.74, 6) is 7.39. The molecule has 0 fully saturated rings. The van der Waals surface area contributed by atoms with E-state index in [9.17, 15) is 0 Å². The lowest BCUT2D eigenvalue weighted by atomic mass is 10.2. The average molecular weight is 379 g/mol. The van der Waals surface area contributed by atoms with Crippen molar-refractivity contribution in [3.8, 4) is 5.95 Å². The third-order valence-corrected chi connectivity index (χ3v) is 4.93. The van der Waals surface area contributed by atoms with Gasteiger partial charge in [-0.15, -0.1) is 10.2 Å². The zero-order valence-electron chi connectivity index (χ0n) is 12.2. The normalized spacial score (nSPS) is 11.0. The number of thioether (sulfide) groups is 1. The summed E-state index contributed by atoms with van der Waals surface area (Å²) in [6, 6.07) is 10.1. The van der Waals surface area contributed by atoms with Crippen molar-refractivity contribution in [1.29, 1.82) is 0 Å². The molecule has 2 aromatic heterocycles. The van der Waals surface area contributed by atoms with E-state index in [1.165, 1.54) is 22.0 Å². The van der Waals surface area contributed by atoms with Gasteiger partial charge in [-0.2, -0.15) is 5.10 Å². The van der Waals surface area contributed by atoms with Crippen molar-refractivity contribution in [2.24, 2.45) is 0 Å². The molecule has 2 heterocycles. The Bertz CT molecular complexity index is 810. The molecule has 3 aromatic rings. The summed E-state index contributed by atoms with van der Waals surface area (Å²) >= 11 is 5.08. The van der Waals surface area contributed by atoms with Crippen LogP contribution in [0.1, 0.15) is 17.0 Å². The number of hydrogen-bond acceptors (Lipinski definition) is 5. The molecule has 2 N–H and O–H groups in total. The smallest absolute Gasteiger partial charge is 0.271 e. The van der Waals surface area contributed by atoms with Crippen LogP contribution in [0.2, 0.25) is 0 Å². The largest absolute Gasteiger partial charge is 0.334 e. The van der Waals surface area contributed by atoms with Gasteiger partial charge in [-0.05, 0) is 31.5 Å². The molecular weight excluding hydrogens is 364 g/mol. The van der Waals surface area contributed by atoms with Crippen LogP contribution in [0.4, 0.5) is 0 Å². The van der Waals surface area contributed by atoms with E-state index in [0.29, 0.717) is 11.1 Å². The van der Waals surface area contributed by atoms with Gasteiger partial charge in [-0.25, -0.2) is 9.36 Å². The fourth-order valence-corrected chi connectivity index (χ4v) is 3.57. The van der Waals surface area contributed by atoms with Gasteiger partial charge in [0.25, 0.3) is 5.95 Å². The molecule has 3 rings (SSSR count). The van der Waals surface area contributed by atoms with Gasteiger partial charge in [0.15, 0.2) is 0 Å². The van der Waals surface area contributed by atoms with Crippen LogP contribution in [0, 0.1) is 13.8 Å². The van der Waals surface area contributed by atoms with Crippen molar-refractivity contribution in [3.63, 3.8) is 0 Å². The second kappa shape index (κ2) is 6.13. The van der Waals surface area contributed by atoms with Gasteiger partial charge in [0.1, 0.15) is 0 Å². The Morgan fingerprint density at radius 2 is 2.00 bits per heavy atom. The van der Waals surface area contributed by atoms with E-state index in [-0.39, 0.29) is 0 Å². The van der Waals surface area contributed by atoms with E-state index >= 15 is 0 Å². The van der Waals surface area contributed by atoms with E-state index in [2.05, 4.69) is 37.3 Å². The van der Waals surface area contributed by atoms with Crippen molar-refractivity contribution in [1.82, 2.24) is 24.7 Å². The Labute approximate surface area is 140 Å². The minimum atomic E-state index is 0.514. The fourth-order valence-electron chi connectivity index (χ4n) is 2.10. The molecule has 0 bridgehead atoms. The summed E-state index contributed by atoms with van der Waals surface area (Å²) in [6.07, 6.45) is 0. The first-order valence-corrected chi connectivity index (χ1v) is 8.44. The number of nitrogens with two attached hydrogens (primary N) is 1. The first-order valence-electron chi connectivity index (χ1n) is 6.66. The van der Waals surface area contributed by atoms with Gasteiger partial charge in [0.05, 0.1) is 5.69 Å². The maximum absolute atomic E-state index is 6.11. The predicted molar refractivity (Wildman–Crippen MR) is 90.5 cm³/mol. The molecule has 6 nitrogen and oxygen atoms in total. The highest BCUT2D eigenvalue weighted by Crippen LogP contribution is 2.26. The topological polar surface area (TPSA) is 74.5 Å². The van der Waals surface area contributed by atoms with Crippen molar-refractivity contribution in [2.45, 2.75) is 24.8 Å². The second-order valence-corrected chi connectivity index (χ2v) is 6.67. The lowest BCUT2D eigenvalue weighted by Gasteiger charge is -2.05. The van der Waals surface area contributed by atoms with Crippen LogP contribution in [-0.2, 0) is 5.75 Å². The molecule has 1 aromatic carbocycles. The molecule has 0 aliphatic heterocycles. The standard InChI is InChI=1S/C14H15BrN6S/c1-9-7-10(2)21(19-9)13-17-18-14(20(13)16)22-8-11-5-3-4-6-12(11)15/h3-7H,8,16H2,1-2H3. The Morgan fingerprint density at radius 1 is 1.23 bits per heavy atom. The maximum atomic E-state index is 6.11. The average Bonchev–Trinajstić information content (AvgIpc) is 3.00. The van der Waals surface area contributed by atoms with Gasteiger partial charge >= 0.3 is 0 Å². The molecule has 8 heteroatoms. The minimum Gasteiger partial charge on any atom is -0.334 e. The first-order chi connectivity index (χ1) is 10.6. The van der Waals surface area contributed by atoms with E-state index in [1.54, 1.807) is 4.68 Å². The highest BCUT2D eigenvalue weighted by atomic mass is 79.9. The van der Waals surface area contributed by atoms with Gasteiger partial charge in [-0.3, -0.25) is 0 Å². The molecule has 0 saturated heterocycles. The van der Waals surface area contributed by atoms with Crippen LogP contribution < -0.4 is 5.84 Å².